The van der Waals surface area contributed by atoms with Gasteiger partial charge in [0, 0.05) is 12.5 Å². The minimum absolute atomic E-state index is 0.122. The molecule has 0 spiro atoms. The van der Waals surface area contributed by atoms with E-state index in [4.69, 9.17) is 5.11 Å². The number of hydrogen-bond acceptors (Lipinski definition) is 3. The average molecular weight is 226 g/mol. The molecule has 2 rings (SSSR count). The Hall–Kier alpha value is -1.59. The number of carboxylic acids is 1. The standard InChI is InChI=1S/C10H14N2O4/c13-8-3-1-2-7(9(14)15)12(8)10(16)11-6-4-5-6/h6-7H,1-5H2,(H,11,16)(H,14,15). The van der Waals surface area contributed by atoms with Crippen LogP contribution in [0.15, 0.2) is 0 Å². The maximum Gasteiger partial charge on any atom is 0.326 e. The molecule has 1 heterocycles. The second kappa shape index (κ2) is 4.11. The van der Waals surface area contributed by atoms with Gasteiger partial charge in [-0.1, -0.05) is 0 Å². The zero-order chi connectivity index (χ0) is 11.7. The van der Waals surface area contributed by atoms with E-state index in [0.717, 1.165) is 17.7 Å². The number of hydrogen-bond donors (Lipinski definition) is 2. The number of imide groups is 1. The van der Waals surface area contributed by atoms with Gasteiger partial charge in [-0.3, -0.25) is 4.79 Å². The summed E-state index contributed by atoms with van der Waals surface area (Å²) in [5.74, 6) is -1.50. The summed E-state index contributed by atoms with van der Waals surface area (Å²) in [6.45, 7) is 0. The van der Waals surface area contributed by atoms with Crippen molar-refractivity contribution in [1.82, 2.24) is 10.2 Å². The van der Waals surface area contributed by atoms with E-state index in [2.05, 4.69) is 5.32 Å². The van der Waals surface area contributed by atoms with E-state index in [9.17, 15) is 14.4 Å². The first kappa shape index (κ1) is 10.9. The minimum Gasteiger partial charge on any atom is -0.480 e. The summed E-state index contributed by atoms with van der Waals surface area (Å²) in [5.41, 5.74) is 0. The molecule has 2 aliphatic rings. The number of nitrogens with zero attached hydrogens (tertiary/aromatic N) is 1. The van der Waals surface area contributed by atoms with Gasteiger partial charge >= 0.3 is 12.0 Å². The largest absolute Gasteiger partial charge is 0.480 e. The van der Waals surface area contributed by atoms with Crippen LogP contribution in [0.4, 0.5) is 4.79 Å². The molecule has 0 aromatic heterocycles. The maximum atomic E-state index is 11.7. The Morgan fingerprint density at radius 1 is 1.31 bits per heavy atom. The molecule has 0 radical (unpaired) electrons. The highest BCUT2D eigenvalue weighted by molar-refractivity contribution is 5.99. The Morgan fingerprint density at radius 3 is 2.56 bits per heavy atom. The lowest BCUT2D eigenvalue weighted by atomic mass is 10.0. The lowest BCUT2D eigenvalue weighted by Crippen LogP contribution is -2.55. The third-order valence-electron chi connectivity index (χ3n) is 2.86. The molecule has 6 heteroatoms. The fourth-order valence-corrected chi connectivity index (χ4v) is 1.83. The number of nitrogens with one attached hydrogen (secondary N) is 1. The number of carbonyl (C=O) groups excluding carboxylic acids is 2. The molecule has 2 N–H and O–H groups in total. The number of carbonyl (C=O) groups is 3. The van der Waals surface area contributed by atoms with E-state index >= 15 is 0 Å². The van der Waals surface area contributed by atoms with Gasteiger partial charge in [-0.2, -0.15) is 0 Å². The van der Waals surface area contributed by atoms with Crippen LogP contribution in [0, 0.1) is 0 Å². The molecule has 1 aliphatic heterocycles. The summed E-state index contributed by atoms with van der Waals surface area (Å²) in [6, 6.07) is -1.43. The summed E-state index contributed by atoms with van der Waals surface area (Å²) in [7, 11) is 0. The number of aliphatic carboxylic acids is 1. The Morgan fingerprint density at radius 2 is 2.00 bits per heavy atom. The van der Waals surface area contributed by atoms with Crippen molar-refractivity contribution in [2.24, 2.45) is 0 Å². The molecule has 0 bridgehead atoms. The van der Waals surface area contributed by atoms with E-state index in [0.29, 0.717) is 12.8 Å². The van der Waals surface area contributed by atoms with Crippen LogP contribution in [0.25, 0.3) is 0 Å². The van der Waals surface area contributed by atoms with Crippen molar-refractivity contribution in [3.05, 3.63) is 0 Å². The maximum absolute atomic E-state index is 11.7. The summed E-state index contributed by atoms with van der Waals surface area (Å²) in [4.78, 5) is 35.1. The van der Waals surface area contributed by atoms with Crippen LogP contribution in [0.1, 0.15) is 32.1 Å². The number of likely N-dealkylation sites (tertiary alicyclic amines) is 1. The Kier molecular flexibility index (Phi) is 2.80. The fraction of sp³-hybridized carbons (Fsp3) is 0.700. The van der Waals surface area contributed by atoms with Gasteiger partial charge in [0.15, 0.2) is 0 Å². The monoisotopic (exact) mass is 226 g/mol. The van der Waals surface area contributed by atoms with Gasteiger partial charge in [-0.25, -0.2) is 14.5 Å². The van der Waals surface area contributed by atoms with Crippen molar-refractivity contribution in [2.45, 2.75) is 44.2 Å². The van der Waals surface area contributed by atoms with E-state index < -0.39 is 23.9 Å². The fourth-order valence-electron chi connectivity index (χ4n) is 1.83. The Balaban J connectivity index is 2.08. The normalized spacial score (nSPS) is 25.4. The zero-order valence-electron chi connectivity index (χ0n) is 8.81. The smallest absolute Gasteiger partial charge is 0.326 e. The third-order valence-corrected chi connectivity index (χ3v) is 2.86. The molecule has 1 aliphatic carbocycles. The molecule has 1 saturated heterocycles. The van der Waals surface area contributed by atoms with Crippen LogP contribution < -0.4 is 5.32 Å². The molecule has 16 heavy (non-hydrogen) atoms. The van der Waals surface area contributed by atoms with Crippen LogP contribution in [-0.2, 0) is 9.59 Å². The zero-order valence-corrected chi connectivity index (χ0v) is 8.81. The molecule has 88 valence electrons. The molecule has 2 fully saturated rings. The summed E-state index contributed by atoms with van der Waals surface area (Å²) >= 11 is 0. The van der Waals surface area contributed by atoms with E-state index in [1.165, 1.54) is 0 Å². The third kappa shape index (κ3) is 2.15. The highest BCUT2D eigenvalue weighted by Crippen LogP contribution is 2.22. The lowest BCUT2D eigenvalue weighted by Gasteiger charge is -2.31. The second-order valence-corrected chi connectivity index (χ2v) is 4.23. The molecule has 1 unspecified atom stereocenters. The Labute approximate surface area is 92.6 Å². The van der Waals surface area contributed by atoms with Gasteiger partial charge in [0.1, 0.15) is 6.04 Å². The molecule has 1 atom stereocenters. The van der Waals surface area contributed by atoms with Gasteiger partial charge < -0.3 is 10.4 Å². The highest BCUT2D eigenvalue weighted by atomic mass is 16.4. The summed E-state index contributed by atoms with van der Waals surface area (Å²) in [6.07, 6.45) is 2.95. The number of rotatable bonds is 2. The van der Waals surface area contributed by atoms with Crippen LogP contribution in [0.3, 0.4) is 0 Å². The summed E-state index contributed by atoms with van der Waals surface area (Å²) in [5, 5.41) is 11.6. The first-order chi connectivity index (χ1) is 7.59. The molecule has 3 amide bonds. The van der Waals surface area contributed by atoms with E-state index in [1.54, 1.807) is 0 Å². The van der Waals surface area contributed by atoms with Gasteiger partial charge in [-0.15, -0.1) is 0 Å². The number of carboxylic acid groups (broad SMARTS) is 1. The van der Waals surface area contributed by atoms with Crippen LogP contribution in [0.2, 0.25) is 0 Å². The van der Waals surface area contributed by atoms with Crippen LogP contribution in [-0.4, -0.2) is 40.0 Å². The number of urea groups is 1. The molecular weight excluding hydrogens is 212 g/mol. The minimum atomic E-state index is -1.11. The number of piperidine rings is 1. The SMILES string of the molecule is O=C(O)C1CCCC(=O)N1C(=O)NC1CC1. The topological polar surface area (TPSA) is 86.7 Å². The van der Waals surface area contributed by atoms with Crippen molar-refractivity contribution in [3.63, 3.8) is 0 Å². The van der Waals surface area contributed by atoms with Crippen molar-refractivity contribution in [2.75, 3.05) is 0 Å². The number of amides is 3. The van der Waals surface area contributed by atoms with Crippen molar-refractivity contribution < 1.29 is 19.5 Å². The first-order valence-electron chi connectivity index (χ1n) is 5.45. The van der Waals surface area contributed by atoms with E-state index in [1.807, 2.05) is 0 Å². The van der Waals surface area contributed by atoms with E-state index in [-0.39, 0.29) is 12.5 Å². The van der Waals surface area contributed by atoms with Crippen LogP contribution in [0.5, 0.6) is 0 Å². The molecule has 1 saturated carbocycles. The predicted octanol–water partition coefficient (Wildman–Crippen LogP) is 0.324. The average Bonchev–Trinajstić information content (AvgIpc) is 3.00. The molecular formula is C10H14N2O4. The van der Waals surface area contributed by atoms with Crippen molar-refractivity contribution in [1.29, 1.82) is 0 Å². The van der Waals surface area contributed by atoms with Gasteiger partial charge in [0.05, 0.1) is 0 Å². The highest BCUT2D eigenvalue weighted by Gasteiger charge is 2.39. The molecule has 0 aromatic rings. The quantitative estimate of drug-likeness (QED) is 0.710. The summed E-state index contributed by atoms with van der Waals surface area (Å²) < 4.78 is 0. The Bertz CT molecular complexity index is 338. The van der Waals surface area contributed by atoms with Crippen molar-refractivity contribution >= 4 is 17.9 Å². The lowest BCUT2D eigenvalue weighted by molar-refractivity contribution is -0.150. The van der Waals surface area contributed by atoms with Gasteiger partial charge in [0.2, 0.25) is 5.91 Å². The van der Waals surface area contributed by atoms with Gasteiger partial charge in [-0.05, 0) is 25.7 Å². The van der Waals surface area contributed by atoms with Crippen LogP contribution >= 0.6 is 0 Å². The molecule has 6 nitrogen and oxygen atoms in total. The predicted molar refractivity (Wildman–Crippen MR) is 53.7 cm³/mol. The first-order valence-corrected chi connectivity index (χ1v) is 5.45. The van der Waals surface area contributed by atoms with Gasteiger partial charge in [0.25, 0.3) is 0 Å². The molecule has 0 aromatic carbocycles. The second-order valence-electron chi connectivity index (χ2n) is 4.23. The van der Waals surface area contributed by atoms with Crippen molar-refractivity contribution in [3.8, 4) is 0 Å².